The maximum atomic E-state index is 12.5. The van der Waals surface area contributed by atoms with Gasteiger partial charge in [-0.25, -0.2) is 0 Å². The molecule has 1 aliphatic rings. The molecule has 4 rings (SSSR count). The minimum atomic E-state index is -0.340. The number of likely N-dealkylation sites (N-methyl/N-ethyl adjacent to an activating group) is 1. The van der Waals surface area contributed by atoms with Crippen molar-refractivity contribution in [2.75, 3.05) is 32.5 Å². The number of amides is 3. The maximum absolute atomic E-state index is 12.5. The van der Waals surface area contributed by atoms with Gasteiger partial charge in [-0.2, -0.15) is 0 Å². The fraction of sp³-hybridized carbons (Fsp3) is 0.292. The molecule has 7 nitrogen and oxygen atoms in total. The second kappa shape index (κ2) is 8.35. The molecule has 0 saturated carbocycles. The van der Waals surface area contributed by atoms with E-state index < -0.39 is 0 Å². The van der Waals surface area contributed by atoms with Crippen molar-refractivity contribution in [3.63, 3.8) is 0 Å². The van der Waals surface area contributed by atoms with E-state index >= 15 is 0 Å². The number of carbonyl (C=O) groups excluding carboxylic acids is 3. The molecule has 0 radical (unpaired) electrons. The van der Waals surface area contributed by atoms with E-state index in [1.807, 2.05) is 57.5 Å². The van der Waals surface area contributed by atoms with Gasteiger partial charge in [-0.05, 0) is 57.4 Å². The van der Waals surface area contributed by atoms with Crippen molar-refractivity contribution < 1.29 is 14.4 Å². The molecule has 1 aliphatic heterocycles. The van der Waals surface area contributed by atoms with Gasteiger partial charge in [-0.15, -0.1) is 0 Å². The predicted octanol–water partition coefficient (Wildman–Crippen LogP) is 3.14. The van der Waals surface area contributed by atoms with Crippen molar-refractivity contribution in [1.82, 2.24) is 14.4 Å². The number of imide groups is 1. The molecule has 0 saturated heterocycles. The molecule has 0 aliphatic carbocycles. The number of aromatic nitrogens is 1. The van der Waals surface area contributed by atoms with Crippen LogP contribution in [0.2, 0.25) is 0 Å². The monoisotopic (exact) mass is 418 g/mol. The summed E-state index contributed by atoms with van der Waals surface area (Å²) in [6.45, 7) is 3.77. The summed E-state index contributed by atoms with van der Waals surface area (Å²) in [5, 5.41) is 3.92. The molecule has 2 heterocycles. The number of rotatable bonds is 7. The standard InChI is InChI=1S/C24H26N4O3/c1-16-4-6-19-20(14-16)24(31)28(23(19)30)11-9-22(29)25-18-5-7-21-17(15-18)8-10-27(21)13-12-26(2)3/h4-8,10,14-15H,9,11-13H2,1-3H3,(H,25,29). The second-order valence-corrected chi connectivity index (χ2v) is 8.20. The van der Waals surface area contributed by atoms with Gasteiger partial charge < -0.3 is 14.8 Å². The van der Waals surface area contributed by atoms with Gasteiger partial charge in [0.25, 0.3) is 11.8 Å². The molecule has 3 aromatic rings. The number of nitrogens with one attached hydrogen (secondary N) is 1. The number of hydrogen-bond acceptors (Lipinski definition) is 4. The summed E-state index contributed by atoms with van der Waals surface area (Å²) in [6.07, 6.45) is 2.09. The van der Waals surface area contributed by atoms with E-state index in [1.165, 1.54) is 0 Å². The van der Waals surface area contributed by atoms with E-state index in [0.717, 1.165) is 34.5 Å². The Hall–Kier alpha value is -3.45. The van der Waals surface area contributed by atoms with Crippen molar-refractivity contribution in [2.45, 2.75) is 19.9 Å². The highest BCUT2D eigenvalue weighted by molar-refractivity contribution is 6.21. The molecule has 3 amide bonds. The summed E-state index contributed by atoms with van der Waals surface area (Å²) in [4.78, 5) is 40.8. The van der Waals surface area contributed by atoms with E-state index in [2.05, 4.69) is 14.8 Å². The zero-order valence-corrected chi connectivity index (χ0v) is 18.0. The largest absolute Gasteiger partial charge is 0.346 e. The molecule has 1 aromatic heterocycles. The second-order valence-electron chi connectivity index (χ2n) is 8.20. The lowest BCUT2D eigenvalue weighted by atomic mass is 10.1. The van der Waals surface area contributed by atoms with E-state index in [4.69, 9.17) is 0 Å². The van der Waals surface area contributed by atoms with Gasteiger partial charge in [0.1, 0.15) is 0 Å². The van der Waals surface area contributed by atoms with Crippen LogP contribution in [0.5, 0.6) is 0 Å². The smallest absolute Gasteiger partial charge is 0.261 e. The molecule has 7 heteroatoms. The first-order valence-corrected chi connectivity index (χ1v) is 10.3. The Morgan fingerprint density at radius 1 is 0.968 bits per heavy atom. The molecular formula is C24H26N4O3. The highest BCUT2D eigenvalue weighted by Crippen LogP contribution is 2.24. The summed E-state index contributed by atoms with van der Waals surface area (Å²) in [6, 6.07) is 13.0. The number of aryl methyl sites for hydroxylation is 1. The lowest BCUT2D eigenvalue weighted by Crippen LogP contribution is -2.32. The zero-order chi connectivity index (χ0) is 22.1. The third-order valence-electron chi connectivity index (χ3n) is 5.53. The SMILES string of the molecule is Cc1ccc2c(c1)C(=O)N(CCC(=O)Nc1ccc3c(ccn3CCN(C)C)c1)C2=O. The minimum absolute atomic E-state index is 0.0480. The Morgan fingerprint density at radius 2 is 1.74 bits per heavy atom. The molecule has 0 bridgehead atoms. The Kier molecular flexibility index (Phi) is 5.61. The van der Waals surface area contributed by atoms with Gasteiger partial charge in [0.15, 0.2) is 0 Å². The maximum Gasteiger partial charge on any atom is 0.261 e. The van der Waals surface area contributed by atoms with Gasteiger partial charge in [-0.1, -0.05) is 11.6 Å². The molecule has 0 unspecified atom stereocenters. The van der Waals surface area contributed by atoms with Gasteiger partial charge in [0, 0.05) is 48.8 Å². The highest BCUT2D eigenvalue weighted by Gasteiger charge is 2.35. The van der Waals surface area contributed by atoms with Gasteiger partial charge in [0.05, 0.1) is 11.1 Å². The van der Waals surface area contributed by atoms with Gasteiger partial charge in [0.2, 0.25) is 5.91 Å². The van der Waals surface area contributed by atoms with Crippen molar-refractivity contribution in [3.05, 3.63) is 65.4 Å². The summed E-state index contributed by atoms with van der Waals surface area (Å²) in [5.41, 5.74) is 3.54. The fourth-order valence-corrected chi connectivity index (χ4v) is 3.83. The summed E-state index contributed by atoms with van der Waals surface area (Å²) in [5.74, 6) is -0.913. The van der Waals surface area contributed by atoms with Gasteiger partial charge in [-0.3, -0.25) is 19.3 Å². The van der Waals surface area contributed by atoms with Crippen LogP contribution in [-0.4, -0.2) is 59.3 Å². The van der Waals surface area contributed by atoms with Crippen LogP contribution in [0.4, 0.5) is 5.69 Å². The molecule has 0 spiro atoms. The first kappa shape index (κ1) is 20.8. The van der Waals surface area contributed by atoms with Crippen LogP contribution < -0.4 is 5.32 Å². The first-order chi connectivity index (χ1) is 14.8. The van der Waals surface area contributed by atoms with E-state index in [9.17, 15) is 14.4 Å². The number of carbonyl (C=O) groups is 3. The molecule has 1 N–H and O–H groups in total. The Labute approximate surface area is 181 Å². The number of fused-ring (bicyclic) bond motifs is 2. The van der Waals surface area contributed by atoms with Crippen LogP contribution in [0.25, 0.3) is 10.9 Å². The van der Waals surface area contributed by atoms with Crippen LogP contribution in [0.1, 0.15) is 32.7 Å². The number of benzene rings is 2. The number of anilines is 1. The van der Waals surface area contributed by atoms with Crippen molar-refractivity contribution in [3.8, 4) is 0 Å². The molecule has 31 heavy (non-hydrogen) atoms. The van der Waals surface area contributed by atoms with Crippen LogP contribution in [0, 0.1) is 6.92 Å². The summed E-state index contributed by atoms with van der Waals surface area (Å²) >= 11 is 0. The Balaban J connectivity index is 1.37. The fourth-order valence-electron chi connectivity index (χ4n) is 3.83. The van der Waals surface area contributed by atoms with Crippen LogP contribution in [0.15, 0.2) is 48.7 Å². The van der Waals surface area contributed by atoms with E-state index in [0.29, 0.717) is 16.8 Å². The average molecular weight is 418 g/mol. The number of hydrogen-bond donors (Lipinski definition) is 1. The first-order valence-electron chi connectivity index (χ1n) is 10.3. The summed E-state index contributed by atoms with van der Waals surface area (Å²) in [7, 11) is 4.09. The Bertz CT molecular complexity index is 1180. The Morgan fingerprint density at radius 3 is 2.52 bits per heavy atom. The number of nitrogens with zero attached hydrogens (tertiary/aromatic N) is 3. The third-order valence-corrected chi connectivity index (χ3v) is 5.53. The summed E-state index contributed by atoms with van der Waals surface area (Å²) < 4.78 is 2.19. The van der Waals surface area contributed by atoms with Crippen LogP contribution in [0.3, 0.4) is 0 Å². The van der Waals surface area contributed by atoms with Gasteiger partial charge >= 0.3 is 0 Å². The molecule has 0 atom stereocenters. The lowest BCUT2D eigenvalue weighted by molar-refractivity contribution is -0.116. The zero-order valence-electron chi connectivity index (χ0n) is 18.0. The van der Waals surface area contributed by atoms with Crippen LogP contribution in [-0.2, 0) is 11.3 Å². The predicted molar refractivity (Wildman–Crippen MR) is 120 cm³/mol. The normalized spacial score (nSPS) is 13.4. The molecular weight excluding hydrogens is 392 g/mol. The minimum Gasteiger partial charge on any atom is -0.346 e. The van der Waals surface area contributed by atoms with Crippen molar-refractivity contribution in [1.29, 1.82) is 0 Å². The lowest BCUT2D eigenvalue weighted by Gasteiger charge is -2.14. The molecule has 2 aromatic carbocycles. The highest BCUT2D eigenvalue weighted by atomic mass is 16.2. The van der Waals surface area contributed by atoms with E-state index in [-0.39, 0.29) is 30.7 Å². The third kappa shape index (κ3) is 4.22. The molecule has 0 fully saturated rings. The van der Waals surface area contributed by atoms with Crippen molar-refractivity contribution >= 4 is 34.3 Å². The topological polar surface area (TPSA) is 74.7 Å². The van der Waals surface area contributed by atoms with E-state index in [1.54, 1.807) is 12.1 Å². The van der Waals surface area contributed by atoms with Crippen LogP contribution >= 0.6 is 0 Å². The quantitative estimate of drug-likeness (QED) is 0.598. The van der Waals surface area contributed by atoms with Crippen molar-refractivity contribution in [2.24, 2.45) is 0 Å². The molecule has 160 valence electrons. The average Bonchev–Trinajstić information content (AvgIpc) is 3.23.